The van der Waals surface area contributed by atoms with E-state index in [0.29, 0.717) is 32.1 Å². The molecule has 2 saturated heterocycles. The Morgan fingerprint density at radius 3 is 2.00 bits per heavy atom. The summed E-state index contributed by atoms with van der Waals surface area (Å²) in [6.45, 7) is 5.44. The lowest BCUT2D eigenvalue weighted by Gasteiger charge is -2.40. The van der Waals surface area contributed by atoms with Crippen molar-refractivity contribution in [2.45, 2.75) is 65.0 Å². The number of Topliss-reactive ketones (excluding diaryl/α,β-unsaturated/α-hetero) is 1. The molecular weight excluding hydrogens is 314 g/mol. The number of nitrogens with zero attached hydrogens (tertiary/aromatic N) is 1. The molecule has 0 aromatic heterocycles. The molecule has 7 heteroatoms. The molecule has 2 aliphatic heterocycles. The fourth-order valence-electron chi connectivity index (χ4n) is 2.91. The summed E-state index contributed by atoms with van der Waals surface area (Å²) < 4.78 is 10.4. The zero-order valence-corrected chi connectivity index (χ0v) is 14.5. The lowest BCUT2D eigenvalue weighted by atomic mass is 9.83. The van der Waals surface area contributed by atoms with Gasteiger partial charge in [-0.05, 0) is 25.7 Å². The van der Waals surface area contributed by atoms with Gasteiger partial charge in [0.05, 0.1) is 13.2 Å². The highest BCUT2D eigenvalue weighted by molar-refractivity contribution is 6.38. The third-order valence-corrected chi connectivity index (χ3v) is 4.88. The van der Waals surface area contributed by atoms with Crippen LogP contribution in [0.3, 0.4) is 0 Å². The first-order valence-corrected chi connectivity index (χ1v) is 8.50. The summed E-state index contributed by atoms with van der Waals surface area (Å²) in [5, 5.41) is 0. The number of cyclic esters (lactones) is 2. The number of fused-ring (bicyclic) bond motifs is 2. The number of carbonyl (C=O) groups excluding carboxylic acids is 4. The Labute approximate surface area is 141 Å². The third kappa shape index (κ3) is 3.60. The van der Waals surface area contributed by atoms with Gasteiger partial charge in [-0.1, -0.05) is 20.8 Å². The average molecular weight is 339 g/mol. The zero-order valence-electron chi connectivity index (χ0n) is 14.5. The molecule has 7 nitrogen and oxygen atoms in total. The Balaban J connectivity index is 2.37. The maximum atomic E-state index is 12.8. The van der Waals surface area contributed by atoms with Crippen LogP contribution in [0.5, 0.6) is 0 Å². The molecule has 2 atom stereocenters. The first-order valence-electron chi connectivity index (χ1n) is 8.50. The summed E-state index contributed by atoms with van der Waals surface area (Å²) in [5.41, 5.74) is -0.853. The van der Waals surface area contributed by atoms with E-state index in [1.54, 1.807) is 13.8 Å². The Kier molecular flexibility index (Phi) is 5.62. The first-order chi connectivity index (χ1) is 11.3. The number of ketones is 1. The van der Waals surface area contributed by atoms with Crippen LogP contribution >= 0.6 is 0 Å². The van der Waals surface area contributed by atoms with E-state index in [4.69, 9.17) is 9.47 Å². The van der Waals surface area contributed by atoms with Gasteiger partial charge in [-0.15, -0.1) is 0 Å². The highest BCUT2D eigenvalue weighted by Crippen LogP contribution is 2.29. The van der Waals surface area contributed by atoms with E-state index in [0.717, 1.165) is 4.90 Å². The second-order valence-electron chi connectivity index (χ2n) is 6.93. The van der Waals surface area contributed by atoms with Crippen molar-refractivity contribution in [2.24, 2.45) is 5.41 Å². The van der Waals surface area contributed by atoms with E-state index >= 15 is 0 Å². The van der Waals surface area contributed by atoms with Gasteiger partial charge in [-0.25, -0.2) is 9.59 Å². The van der Waals surface area contributed by atoms with Gasteiger partial charge in [0, 0.05) is 11.8 Å². The topological polar surface area (TPSA) is 90.0 Å². The Bertz CT molecular complexity index is 515. The van der Waals surface area contributed by atoms with E-state index < -0.39 is 41.1 Å². The lowest BCUT2D eigenvalue weighted by Crippen LogP contribution is -2.60. The minimum Gasteiger partial charge on any atom is -0.464 e. The summed E-state index contributed by atoms with van der Waals surface area (Å²) in [5.74, 6) is -2.50. The van der Waals surface area contributed by atoms with Gasteiger partial charge in [0.1, 0.15) is 12.1 Å². The predicted octanol–water partition coefficient (Wildman–Crippen LogP) is 1.23. The summed E-state index contributed by atoms with van der Waals surface area (Å²) >= 11 is 0. The molecule has 134 valence electrons. The molecule has 0 aliphatic carbocycles. The van der Waals surface area contributed by atoms with Gasteiger partial charge in [-0.2, -0.15) is 0 Å². The van der Waals surface area contributed by atoms with E-state index in [1.807, 2.05) is 6.92 Å². The van der Waals surface area contributed by atoms with Crippen LogP contribution in [0.25, 0.3) is 0 Å². The molecule has 2 fully saturated rings. The Hall–Kier alpha value is -1.92. The van der Waals surface area contributed by atoms with E-state index in [9.17, 15) is 19.2 Å². The minimum atomic E-state index is -0.904. The molecule has 2 heterocycles. The number of hydrogen-bond acceptors (Lipinski definition) is 6. The number of esters is 2. The van der Waals surface area contributed by atoms with Crippen LogP contribution in [-0.4, -0.2) is 53.8 Å². The largest absolute Gasteiger partial charge is 0.464 e. The van der Waals surface area contributed by atoms with E-state index in [1.165, 1.54) is 0 Å². The zero-order chi connectivity index (χ0) is 17.9. The standard InChI is InChI=1S/C17H25NO6/c1-4-17(2,3)13(19)14(20)18-11-7-5-8-12(18)16(22)24-10-6-9-23-15(11)21/h11-12H,4-10H2,1-3H3/t11-,12+. The minimum absolute atomic E-state index is 0.129. The predicted molar refractivity (Wildman–Crippen MR) is 83.9 cm³/mol. The molecule has 0 N–H and O–H groups in total. The highest BCUT2D eigenvalue weighted by Gasteiger charge is 2.47. The van der Waals surface area contributed by atoms with Gasteiger partial charge >= 0.3 is 11.9 Å². The van der Waals surface area contributed by atoms with Crippen molar-refractivity contribution < 1.29 is 28.7 Å². The van der Waals surface area contributed by atoms with Crippen molar-refractivity contribution >= 4 is 23.6 Å². The maximum Gasteiger partial charge on any atom is 0.328 e. The molecule has 1 amide bonds. The van der Waals surface area contributed by atoms with Crippen LogP contribution < -0.4 is 0 Å². The van der Waals surface area contributed by atoms with Crippen LogP contribution in [0.2, 0.25) is 0 Å². The normalized spacial score (nSPS) is 25.5. The monoisotopic (exact) mass is 339 g/mol. The summed E-state index contributed by atoms with van der Waals surface area (Å²) in [7, 11) is 0. The summed E-state index contributed by atoms with van der Waals surface area (Å²) in [6.07, 6.45) is 2.26. The average Bonchev–Trinajstić information content (AvgIpc) is 2.58. The van der Waals surface area contributed by atoms with Crippen molar-refractivity contribution in [2.75, 3.05) is 13.2 Å². The number of amides is 1. The van der Waals surface area contributed by atoms with Gasteiger partial charge in [0.25, 0.3) is 5.91 Å². The van der Waals surface area contributed by atoms with Crippen LogP contribution in [0.15, 0.2) is 0 Å². The van der Waals surface area contributed by atoms with E-state index in [2.05, 4.69) is 0 Å². The molecular formula is C17H25NO6. The number of hydrogen-bond donors (Lipinski definition) is 0. The smallest absolute Gasteiger partial charge is 0.328 e. The molecule has 2 bridgehead atoms. The lowest BCUT2D eigenvalue weighted by molar-refractivity contribution is -0.172. The van der Waals surface area contributed by atoms with Gasteiger partial charge in [0.2, 0.25) is 5.78 Å². The SMILES string of the molecule is CCC(C)(C)C(=O)C(=O)N1[C@@H]2CCC[C@H]1C(=O)OCCCOC2=O. The summed E-state index contributed by atoms with van der Waals surface area (Å²) in [4.78, 5) is 51.2. The van der Waals surface area contributed by atoms with Crippen LogP contribution in [-0.2, 0) is 28.7 Å². The first kappa shape index (κ1) is 18.4. The quantitative estimate of drug-likeness (QED) is 0.567. The third-order valence-electron chi connectivity index (χ3n) is 4.88. The Morgan fingerprint density at radius 1 is 1.04 bits per heavy atom. The van der Waals surface area contributed by atoms with Crippen molar-refractivity contribution in [3.8, 4) is 0 Å². The number of ether oxygens (including phenoxy) is 2. The molecule has 0 spiro atoms. The molecule has 0 radical (unpaired) electrons. The van der Waals surface area contributed by atoms with Gasteiger partial charge in [0.15, 0.2) is 0 Å². The second kappa shape index (κ2) is 7.32. The number of piperidine rings is 1. The van der Waals surface area contributed by atoms with Crippen molar-refractivity contribution in [1.82, 2.24) is 4.90 Å². The highest BCUT2D eigenvalue weighted by atomic mass is 16.5. The van der Waals surface area contributed by atoms with Crippen LogP contribution in [0.4, 0.5) is 0 Å². The van der Waals surface area contributed by atoms with Crippen molar-refractivity contribution in [3.05, 3.63) is 0 Å². The fraction of sp³-hybridized carbons (Fsp3) is 0.765. The van der Waals surface area contributed by atoms with Gasteiger partial charge < -0.3 is 14.4 Å². The molecule has 0 aromatic carbocycles. The number of carbonyl (C=O) groups is 4. The molecule has 2 rings (SSSR count). The van der Waals surface area contributed by atoms with E-state index in [-0.39, 0.29) is 13.2 Å². The van der Waals surface area contributed by atoms with Crippen molar-refractivity contribution in [3.63, 3.8) is 0 Å². The van der Waals surface area contributed by atoms with Crippen molar-refractivity contribution in [1.29, 1.82) is 0 Å². The maximum absolute atomic E-state index is 12.8. The number of rotatable bonds is 3. The molecule has 0 saturated carbocycles. The summed E-state index contributed by atoms with van der Waals surface area (Å²) in [6, 6.07) is -1.81. The van der Waals surface area contributed by atoms with Crippen LogP contribution in [0, 0.1) is 5.41 Å². The second-order valence-corrected chi connectivity index (χ2v) is 6.93. The molecule has 2 aliphatic rings. The molecule has 0 unspecified atom stereocenters. The fourth-order valence-corrected chi connectivity index (χ4v) is 2.91. The Morgan fingerprint density at radius 2 is 1.54 bits per heavy atom. The molecule has 0 aromatic rings. The van der Waals surface area contributed by atoms with Crippen LogP contribution in [0.1, 0.15) is 52.9 Å². The van der Waals surface area contributed by atoms with Gasteiger partial charge in [-0.3, -0.25) is 9.59 Å². The molecule has 24 heavy (non-hydrogen) atoms.